The molecule has 0 N–H and O–H groups in total. The molecular formula is C30H32. The van der Waals surface area contributed by atoms with Gasteiger partial charge in [0.05, 0.1) is 0 Å². The first-order valence-electron chi connectivity index (χ1n) is 11.8. The highest BCUT2D eigenvalue weighted by atomic mass is 14.5. The molecule has 0 heteroatoms. The smallest absolute Gasteiger partial charge is 0.0208 e. The molecule has 6 rings (SSSR count). The van der Waals surface area contributed by atoms with Crippen LogP contribution in [0.3, 0.4) is 0 Å². The summed E-state index contributed by atoms with van der Waals surface area (Å²) < 4.78 is 0. The Morgan fingerprint density at radius 1 is 0.833 bits per heavy atom. The van der Waals surface area contributed by atoms with Gasteiger partial charge in [-0.2, -0.15) is 0 Å². The van der Waals surface area contributed by atoms with Crippen LogP contribution in [0.4, 0.5) is 0 Å². The maximum atomic E-state index is 2.61. The van der Waals surface area contributed by atoms with Crippen molar-refractivity contribution in [1.82, 2.24) is 0 Å². The maximum absolute atomic E-state index is 2.61. The van der Waals surface area contributed by atoms with Crippen LogP contribution in [0.5, 0.6) is 0 Å². The average molecular weight is 393 g/mol. The molecule has 152 valence electrons. The predicted molar refractivity (Wildman–Crippen MR) is 127 cm³/mol. The lowest BCUT2D eigenvalue weighted by atomic mass is 9.55. The lowest BCUT2D eigenvalue weighted by molar-refractivity contribution is 0.285. The van der Waals surface area contributed by atoms with E-state index in [1.54, 1.807) is 33.4 Å². The molecule has 0 fully saturated rings. The molecular weight excluding hydrogens is 360 g/mol. The van der Waals surface area contributed by atoms with E-state index in [0.717, 1.165) is 0 Å². The fourth-order valence-electron chi connectivity index (χ4n) is 6.46. The molecule has 0 heterocycles. The van der Waals surface area contributed by atoms with Gasteiger partial charge >= 0.3 is 0 Å². The minimum atomic E-state index is 0.300. The van der Waals surface area contributed by atoms with E-state index in [2.05, 4.69) is 81.5 Å². The van der Waals surface area contributed by atoms with Crippen molar-refractivity contribution in [1.29, 1.82) is 0 Å². The molecule has 0 aromatic rings. The molecule has 0 aliphatic heterocycles. The summed E-state index contributed by atoms with van der Waals surface area (Å²) >= 11 is 0. The van der Waals surface area contributed by atoms with Crippen LogP contribution >= 0.6 is 0 Å². The van der Waals surface area contributed by atoms with Gasteiger partial charge in [0.15, 0.2) is 0 Å². The van der Waals surface area contributed by atoms with Crippen LogP contribution in [0.15, 0.2) is 105 Å². The normalized spacial score (nSPS) is 31.6. The van der Waals surface area contributed by atoms with E-state index in [0.29, 0.717) is 23.2 Å². The number of rotatable bonds is 1. The molecule has 0 aromatic carbocycles. The average Bonchev–Trinajstić information content (AvgIpc) is 2.77. The van der Waals surface area contributed by atoms with Crippen molar-refractivity contribution in [2.45, 2.75) is 52.9 Å². The van der Waals surface area contributed by atoms with Crippen molar-refractivity contribution < 1.29 is 0 Å². The Balaban J connectivity index is 1.57. The summed E-state index contributed by atoms with van der Waals surface area (Å²) in [5, 5.41) is 0. The molecule has 0 amide bonds. The van der Waals surface area contributed by atoms with Gasteiger partial charge in [-0.1, -0.05) is 81.5 Å². The Morgan fingerprint density at radius 2 is 1.70 bits per heavy atom. The van der Waals surface area contributed by atoms with Gasteiger partial charge in [-0.15, -0.1) is 0 Å². The molecule has 3 atom stereocenters. The molecule has 0 bridgehead atoms. The Labute approximate surface area is 181 Å². The van der Waals surface area contributed by atoms with Crippen molar-refractivity contribution in [2.24, 2.45) is 23.2 Å². The second kappa shape index (κ2) is 6.58. The molecule has 6 aliphatic carbocycles. The third kappa shape index (κ3) is 2.66. The fourth-order valence-corrected chi connectivity index (χ4v) is 6.46. The number of allylic oxidation sites excluding steroid dienone is 18. The molecule has 0 saturated heterocycles. The van der Waals surface area contributed by atoms with Gasteiger partial charge in [-0.05, 0) is 88.0 Å². The van der Waals surface area contributed by atoms with E-state index in [1.807, 2.05) is 0 Å². The van der Waals surface area contributed by atoms with Gasteiger partial charge in [-0.25, -0.2) is 0 Å². The minimum absolute atomic E-state index is 0.300. The summed E-state index contributed by atoms with van der Waals surface area (Å²) in [5.41, 5.74) is 13.1. The first kappa shape index (κ1) is 18.4. The maximum Gasteiger partial charge on any atom is 0.0208 e. The van der Waals surface area contributed by atoms with Gasteiger partial charge in [0.2, 0.25) is 0 Å². The zero-order valence-corrected chi connectivity index (χ0v) is 18.5. The van der Waals surface area contributed by atoms with Crippen LogP contribution in [0.25, 0.3) is 0 Å². The highest BCUT2D eigenvalue weighted by molar-refractivity contribution is 5.69. The predicted octanol–water partition coefficient (Wildman–Crippen LogP) is 7.88. The highest BCUT2D eigenvalue weighted by Gasteiger charge is 2.45. The van der Waals surface area contributed by atoms with Crippen molar-refractivity contribution in [3.8, 4) is 0 Å². The molecule has 30 heavy (non-hydrogen) atoms. The summed E-state index contributed by atoms with van der Waals surface area (Å²) in [6.45, 7) is 7.22. The largest absolute Gasteiger partial charge is 0.0842 e. The summed E-state index contributed by atoms with van der Waals surface area (Å²) in [4.78, 5) is 0. The van der Waals surface area contributed by atoms with E-state index in [-0.39, 0.29) is 0 Å². The lowest BCUT2D eigenvalue weighted by Crippen LogP contribution is -2.36. The number of fused-ring (bicyclic) bond motifs is 2. The van der Waals surface area contributed by atoms with E-state index in [1.165, 1.54) is 43.3 Å². The summed E-state index contributed by atoms with van der Waals surface area (Å²) in [7, 11) is 0. The van der Waals surface area contributed by atoms with Gasteiger partial charge in [0.25, 0.3) is 0 Å². The van der Waals surface area contributed by atoms with Crippen molar-refractivity contribution >= 4 is 0 Å². The third-order valence-electron chi connectivity index (χ3n) is 8.09. The Morgan fingerprint density at radius 3 is 2.50 bits per heavy atom. The van der Waals surface area contributed by atoms with Crippen LogP contribution < -0.4 is 0 Å². The first-order valence-corrected chi connectivity index (χ1v) is 11.8. The van der Waals surface area contributed by atoms with Crippen LogP contribution in [-0.4, -0.2) is 0 Å². The van der Waals surface area contributed by atoms with Crippen molar-refractivity contribution in [3.05, 3.63) is 105 Å². The quantitative estimate of drug-likeness (QED) is 0.426. The summed E-state index contributed by atoms with van der Waals surface area (Å²) in [6.07, 6.45) is 30.1. The summed E-state index contributed by atoms with van der Waals surface area (Å²) in [6, 6.07) is 0. The van der Waals surface area contributed by atoms with Crippen LogP contribution in [0, 0.1) is 23.2 Å². The van der Waals surface area contributed by atoms with Crippen molar-refractivity contribution in [3.63, 3.8) is 0 Å². The van der Waals surface area contributed by atoms with Crippen LogP contribution in [0.2, 0.25) is 0 Å². The Hall–Kier alpha value is -2.34. The van der Waals surface area contributed by atoms with E-state index < -0.39 is 0 Å². The topological polar surface area (TPSA) is 0 Å². The third-order valence-corrected chi connectivity index (χ3v) is 8.09. The van der Waals surface area contributed by atoms with E-state index in [4.69, 9.17) is 0 Å². The number of hydrogen-bond donors (Lipinski definition) is 0. The zero-order chi connectivity index (χ0) is 20.5. The van der Waals surface area contributed by atoms with Gasteiger partial charge in [0.1, 0.15) is 0 Å². The van der Waals surface area contributed by atoms with Gasteiger partial charge in [-0.3, -0.25) is 0 Å². The zero-order valence-electron chi connectivity index (χ0n) is 18.5. The van der Waals surface area contributed by atoms with Gasteiger partial charge < -0.3 is 0 Å². The minimum Gasteiger partial charge on any atom is -0.0842 e. The standard InChI is InChI=1S/C30H32/c1-30(2,3)22-17-21-14-13-20-15-16-23(19-9-5-4-6-10-19)29-25-12-8-7-11-24(25)26(18-22)27(21)28(20)29/h4-5,8-9,12-17,22,28-29H,6-7,10-11,18H2,1-3H3. The molecule has 0 radical (unpaired) electrons. The van der Waals surface area contributed by atoms with Gasteiger partial charge in [0, 0.05) is 11.8 Å². The second-order valence-electron chi connectivity index (χ2n) is 10.8. The van der Waals surface area contributed by atoms with Crippen LogP contribution in [0.1, 0.15) is 52.9 Å². The SMILES string of the molecule is CC(C)(C)C1C=C2C=CC3=CC=C(C4=CC=CCC4)C4C5=C(CCC=C5)C(=C2C34)C1. The van der Waals surface area contributed by atoms with Crippen LogP contribution in [-0.2, 0) is 0 Å². The molecule has 0 spiro atoms. The van der Waals surface area contributed by atoms with E-state index in [9.17, 15) is 0 Å². The molecule has 0 aromatic heterocycles. The lowest BCUT2D eigenvalue weighted by Gasteiger charge is -2.48. The van der Waals surface area contributed by atoms with E-state index >= 15 is 0 Å². The Bertz CT molecular complexity index is 1090. The second-order valence-corrected chi connectivity index (χ2v) is 10.8. The van der Waals surface area contributed by atoms with Crippen molar-refractivity contribution in [2.75, 3.05) is 0 Å². The molecule has 0 nitrogen and oxygen atoms in total. The first-order chi connectivity index (χ1) is 14.5. The number of hydrogen-bond acceptors (Lipinski definition) is 0. The Kier molecular flexibility index (Phi) is 4.04. The monoisotopic (exact) mass is 392 g/mol. The summed E-state index contributed by atoms with van der Waals surface area (Å²) in [5.74, 6) is 1.61. The fraction of sp³-hybridized carbons (Fsp3) is 0.400. The highest BCUT2D eigenvalue weighted by Crippen LogP contribution is 2.58. The molecule has 3 unspecified atom stereocenters. The molecule has 0 saturated carbocycles. The molecule has 6 aliphatic rings.